The summed E-state index contributed by atoms with van der Waals surface area (Å²) in [6.45, 7) is 12.4. The van der Waals surface area contributed by atoms with Crippen molar-refractivity contribution in [1.82, 2.24) is 9.88 Å². The van der Waals surface area contributed by atoms with E-state index in [-0.39, 0.29) is 17.1 Å². The summed E-state index contributed by atoms with van der Waals surface area (Å²) in [6, 6.07) is 6.23. The van der Waals surface area contributed by atoms with Gasteiger partial charge in [0.15, 0.2) is 0 Å². The summed E-state index contributed by atoms with van der Waals surface area (Å²) in [7, 11) is 0. The molecule has 27 heavy (non-hydrogen) atoms. The molecule has 1 aromatic rings. The molecule has 3 heterocycles. The molecule has 0 spiro atoms. The molecule has 0 aliphatic carbocycles. The normalized spacial score (nSPS) is 26.6. The summed E-state index contributed by atoms with van der Waals surface area (Å²) in [5.74, 6) is 0.495. The van der Waals surface area contributed by atoms with Crippen molar-refractivity contribution < 1.29 is 14.3 Å². The van der Waals surface area contributed by atoms with Crippen molar-refractivity contribution in [3.63, 3.8) is 0 Å². The second-order valence-electron chi connectivity index (χ2n) is 9.65. The minimum absolute atomic E-state index is 0.0169. The van der Waals surface area contributed by atoms with Crippen LogP contribution in [0.5, 0.6) is 0 Å². The van der Waals surface area contributed by atoms with Gasteiger partial charge in [-0.15, -0.1) is 0 Å². The zero-order valence-corrected chi connectivity index (χ0v) is 17.5. The number of carbonyl (C=O) groups excluding carboxylic acids is 1. The smallest absolute Gasteiger partial charge is 0.410 e. The molecule has 150 valence electrons. The zero-order chi connectivity index (χ0) is 19.7. The van der Waals surface area contributed by atoms with Crippen LogP contribution < -0.4 is 0 Å². The highest BCUT2D eigenvalue weighted by molar-refractivity contribution is 5.68. The molecule has 5 nitrogen and oxygen atoms in total. The van der Waals surface area contributed by atoms with E-state index in [9.17, 15) is 4.79 Å². The molecule has 3 rings (SSSR count). The predicted molar refractivity (Wildman–Crippen MR) is 106 cm³/mol. The van der Waals surface area contributed by atoms with Crippen molar-refractivity contribution in [2.24, 2.45) is 5.92 Å². The number of hydrogen-bond donors (Lipinski definition) is 0. The molecule has 0 aromatic carbocycles. The average molecular weight is 375 g/mol. The summed E-state index contributed by atoms with van der Waals surface area (Å²) in [5.41, 5.74) is 0.590. The zero-order valence-electron chi connectivity index (χ0n) is 17.5. The van der Waals surface area contributed by atoms with Gasteiger partial charge in [0.2, 0.25) is 0 Å². The third kappa shape index (κ3) is 4.63. The SMILES string of the molecule is CC(C)(C)OC(=O)N1CCC(C2(c3ccccn3)CCOC(C)(C)C2)CC1. The van der Waals surface area contributed by atoms with E-state index in [1.54, 1.807) is 0 Å². The Kier molecular flexibility index (Phi) is 5.53. The summed E-state index contributed by atoms with van der Waals surface area (Å²) in [5, 5.41) is 0. The Morgan fingerprint density at radius 2 is 1.96 bits per heavy atom. The van der Waals surface area contributed by atoms with Crippen molar-refractivity contribution in [3.8, 4) is 0 Å². The molecule has 2 aliphatic rings. The molecule has 1 unspecified atom stereocenters. The minimum atomic E-state index is -0.451. The molecule has 5 heteroatoms. The van der Waals surface area contributed by atoms with Crippen LogP contribution in [-0.4, -0.2) is 46.9 Å². The monoisotopic (exact) mass is 374 g/mol. The van der Waals surface area contributed by atoms with Gasteiger partial charge in [-0.2, -0.15) is 0 Å². The average Bonchev–Trinajstić information content (AvgIpc) is 2.60. The first kappa shape index (κ1) is 20.1. The molecule has 0 N–H and O–H groups in total. The molecule has 1 amide bonds. The maximum absolute atomic E-state index is 12.4. The predicted octanol–water partition coefficient (Wildman–Crippen LogP) is 4.56. The second kappa shape index (κ2) is 7.42. The Morgan fingerprint density at radius 3 is 2.52 bits per heavy atom. The van der Waals surface area contributed by atoms with Crippen LogP contribution in [0.25, 0.3) is 0 Å². The standard InChI is InChI=1S/C22H34N2O3/c1-20(2,3)27-19(25)24-13-9-17(10-14-24)22(18-8-6-7-12-23-18)11-15-26-21(4,5)16-22/h6-8,12,17H,9-11,13-16H2,1-5H3. The van der Waals surface area contributed by atoms with Crippen molar-refractivity contribution >= 4 is 6.09 Å². The van der Waals surface area contributed by atoms with Crippen LogP contribution in [0.3, 0.4) is 0 Å². The van der Waals surface area contributed by atoms with E-state index in [1.807, 2.05) is 37.9 Å². The molecule has 1 atom stereocenters. The molecular formula is C22H34N2O3. The van der Waals surface area contributed by atoms with Gasteiger partial charge in [-0.3, -0.25) is 4.98 Å². The first-order chi connectivity index (χ1) is 12.6. The van der Waals surface area contributed by atoms with E-state index in [1.165, 1.54) is 5.69 Å². The number of carbonyl (C=O) groups is 1. The molecule has 0 bridgehead atoms. The number of pyridine rings is 1. The van der Waals surface area contributed by atoms with Gasteiger partial charge in [0.25, 0.3) is 0 Å². The highest BCUT2D eigenvalue weighted by Crippen LogP contribution is 2.49. The maximum atomic E-state index is 12.4. The van der Waals surface area contributed by atoms with E-state index < -0.39 is 5.60 Å². The number of nitrogens with zero attached hydrogens (tertiary/aromatic N) is 2. The number of likely N-dealkylation sites (tertiary alicyclic amines) is 1. The topological polar surface area (TPSA) is 51.7 Å². The van der Waals surface area contributed by atoms with Gasteiger partial charge in [0, 0.05) is 37.0 Å². The van der Waals surface area contributed by atoms with Gasteiger partial charge in [-0.05, 0) is 78.4 Å². The number of amides is 1. The number of rotatable bonds is 2. The number of hydrogen-bond acceptors (Lipinski definition) is 4. The molecule has 1 aromatic heterocycles. The lowest BCUT2D eigenvalue weighted by Crippen LogP contribution is -2.52. The van der Waals surface area contributed by atoms with Gasteiger partial charge in [-0.25, -0.2) is 4.79 Å². The Bertz CT molecular complexity index is 645. The first-order valence-electron chi connectivity index (χ1n) is 10.1. The van der Waals surface area contributed by atoms with Crippen molar-refractivity contribution in [1.29, 1.82) is 0 Å². The minimum Gasteiger partial charge on any atom is -0.444 e. The lowest BCUT2D eigenvalue weighted by atomic mass is 9.61. The van der Waals surface area contributed by atoms with Crippen LogP contribution in [0.4, 0.5) is 4.79 Å². The van der Waals surface area contributed by atoms with Gasteiger partial charge in [-0.1, -0.05) is 6.07 Å². The van der Waals surface area contributed by atoms with Crippen molar-refractivity contribution in [3.05, 3.63) is 30.1 Å². The quantitative estimate of drug-likeness (QED) is 0.762. The lowest BCUT2D eigenvalue weighted by molar-refractivity contribution is -0.101. The van der Waals surface area contributed by atoms with Crippen LogP contribution in [0, 0.1) is 5.92 Å². The molecule has 2 saturated heterocycles. The van der Waals surface area contributed by atoms with Crippen LogP contribution in [0.2, 0.25) is 0 Å². The first-order valence-corrected chi connectivity index (χ1v) is 10.1. The third-order valence-corrected chi connectivity index (χ3v) is 5.89. The fraction of sp³-hybridized carbons (Fsp3) is 0.727. The van der Waals surface area contributed by atoms with E-state index in [0.717, 1.165) is 45.4 Å². The van der Waals surface area contributed by atoms with E-state index in [0.29, 0.717) is 5.92 Å². The summed E-state index contributed by atoms with van der Waals surface area (Å²) in [4.78, 5) is 19.0. The van der Waals surface area contributed by atoms with Gasteiger partial charge >= 0.3 is 6.09 Å². The number of ether oxygens (including phenoxy) is 2. The van der Waals surface area contributed by atoms with Crippen LogP contribution in [0.15, 0.2) is 24.4 Å². The van der Waals surface area contributed by atoms with E-state index >= 15 is 0 Å². The lowest BCUT2D eigenvalue weighted by Gasteiger charge is -2.51. The summed E-state index contributed by atoms with van der Waals surface area (Å²) < 4.78 is 11.6. The molecule has 0 radical (unpaired) electrons. The highest BCUT2D eigenvalue weighted by Gasteiger charge is 2.49. The van der Waals surface area contributed by atoms with Gasteiger partial charge in [0.1, 0.15) is 5.60 Å². The fourth-order valence-electron chi connectivity index (χ4n) is 4.78. The maximum Gasteiger partial charge on any atom is 0.410 e. The Labute approximate surface area is 163 Å². The molecule has 0 saturated carbocycles. The van der Waals surface area contributed by atoms with E-state index in [2.05, 4.69) is 26.0 Å². The number of aromatic nitrogens is 1. The highest BCUT2D eigenvalue weighted by atomic mass is 16.6. The van der Waals surface area contributed by atoms with E-state index in [4.69, 9.17) is 14.5 Å². The third-order valence-electron chi connectivity index (χ3n) is 5.89. The Hall–Kier alpha value is -1.62. The van der Waals surface area contributed by atoms with Crippen molar-refractivity contribution in [2.45, 2.75) is 76.9 Å². The summed E-state index contributed by atoms with van der Waals surface area (Å²) in [6.07, 6.45) is 5.62. The van der Waals surface area contributed by atoms with Gasteiger partial charge < -0.3 is 14.4 Å². The second-order valence-corrected chi connectivity index (χ2v) is 9.65. The largest absolute Gasteiger partial charge is 0.444 e. The Balaban J connectivity index is 1.77. The molecule has 2 fully saturated rings. The number of piperidine rings is 1. The Morgan fingerprint density at radius 1 is 1.26 bits per heavy atom. The van der Waals surface area contributed by atoms with Crippen LogP contribution in [-0.2, 0) is 14.9 Å². The van der Waals surface area contributed by atoms with Gasteiger partial charge in [0.05, 0.1) is 5.60 Å². The van der Waals surface area contributed by atoms with Crippen molar-refractivity contribution in [2.75, 3.05) is 19.7 Å². The van der Waals surface area contributed by atoms with Crippen LogP contribution >= 0.6 is 0 Å². The van der Waals surface area contributed by atoms with Crippen LogP contribution in [0.1, 0.15) is 66.0 Å². The molecular weight excluding hydrogens is 340 g/mol. The summed E-state index contributed by atoms with van der Waals surface area (Å²) >= 11 is 0. The molecule has 2 aliphatic heterocycles. The fourth-order valence-corrected chi connectivity index (χ4v) is 4.78.